The molecule has 2 fully saturated rings. The van der Waals surface area contributed by atoms with Gasteiger partial charge in [0, 0.05) is 55.0 Å². The molecule has 0 bridgehead atoms. The number of benzene rings is 3. The largest absolute Gasteiger partial charge is 0.371 e. The number of hydrazine groups is 1. The van der Waals surface area contributed by atoms with Gasteiger partial charge in [0.05, 0.1) is 23.5 Å². The van der Waals surface area contributed by atoms with Crippen LogP contribution in [0.2, 0.25) is 5.02 Å². The maximum Gasteiger partial charge on any atom is 0.252 e. The Morgan fingerprint density at radius 2 is 1.67 bits per heavy atom. The van der Waals surface area contributed by atoms with E-state index < -0.39 is 10.0 Å². The predicted octanol–water partition coefficient (Wildman–Crippen LogP) is 4.39. The molecule has 0 aliphatic carbocycles. The fourth-order valence-corrected chi connectivity index (χ4v) is 7.32. The van der Waals surface area contributed by atoms with Gasteiger partial charge in [0.1, 0.15) is 0 Å². The molecular formula is C29H30ClN5O3S. The number of piperazine rings is 1. The van der Waals surface area contributed by atoms with E-state index in [0.717, 1.165) is 47.6 Å². The molecule has 2 saturated heterocycles. The van der Waals surface area contributed by atoms with Crippen molar-refractivity contribution in [2.24, 2.45) is 0 Å². The first-order valence-electron chi connectivity index (χ1n) is 13.1. The smallest absolute Gasteiger partial charge is 0.252 e. The predicted molar refractivity (Wildman–Crippen MR) is 154 cm³/mol. The monoisotopic (exact) mass is 563 g/mol. The highest BCUT2D eigenvalue weighted by Crippen LogP contribution is 2.30. The van der Waals surface area contributed by atoms with E-state index in [1.165, 1.54) is 9.99 Å². The Balaban J connectivity index is 1.10. The number of nitrogens with zero attached hydrogens (tertiary/aromatic N) is 5. The number of carbonyl (C=O) groups excluding carboxylic acids is 1. The second-order valence-corrected chi connectivity index (χ2v) is 12.5. The number of anilines is 1. The van der Waals surface area contributed by atoms with Crippen molar-refractivity contribution in [3.63, 3.8) is 0 Å². The standard InChI is InChI=1S/C29H30ClN5O3S/c1-32(24-11-14-33(15-12-24)28-10-13-31-27-5-3-2-4-26(27)28)35-17-16-34(20-29(35)36)39(37,38)25-9-7-21-18-23(30)8-6-22(21)19-25/h2-10,13,18-19,24H,11-12,14-17,20H2,1H3. The molecule has 3 heterocycles. The van der Waals surface area contributed by atoms with Crippen LogP contribution in [0, 0.1) is 0 Å². The summed E-state index contributed by atoms with van der Waals surface area (Å²) in [4.78, 5) is 20.2. The molecule has 2 aliphatic rings. The van der Waals surface area contributed by atoms with Gasteiger partial charge in [-0.2, -0.15) is 4.31 Å². The Hall–Kier alpha value is -3.24. The van der Waals surface area contributed by atoms with Gasteiger partial charge in [0.15, 0.2) is 0 Å². The minimum Gasteiger partial charge on any atom is -0.371 e. The number of hydrogen-bond donors (Lipinski definition) is 0. The normalized spacial score (nSPS) is 18.0. The highest BCUT2D eigenvalue weighted by molar-refractivity contribution is 7.89. The average Bonchev–Trinajstić information content (AvgIpc) is 2.96. The van der Waals surface area contributed by atoms with Crippen LogP contribution in [0.4, 0.5) is 5.69 Å². The van der Waals surface area contributed by atoms with Crippen molar-refractivity contribution >= 4 is 54.9 Å². The quantitative estimate of drug-likeness (QED) is 0.358. The third-order valence-electron chi connectivity index (χ3n) is 7.91. The lowest BCUT2D eigenvalue weighted by atomic mass is 10.0. The maximum atomic E-state index is 13.4. The first-order chi connectivity index (χ1) is 18.8. The molecule has 2 aliphatic heterocycles. The van der Waals surface area contributed by atoms with Gasteiger partial charge in [-0.3, -0.25) is 14.8 Å². The van der Waals surface area contributed by atoms with E-state index in [0.29, 0.717) is 11.6 Å². The topological polar surface area (TPSA) is 77.1 Å². The molecule has 0 atom stereocenters. The number of aromatic nitrogens is 1. The van der Waals surface area contributed by atoms with Gasteiger partial charge >= 0.3 is 0 Å². The summed E-state index contributed by atoms with van der Waals surface area (Å²) in [5.74, 6) is -0.206. The zero-order chi connectivity index (χ0) is 27.1. The Morgan fingerprint density at radius 1 is 0.923 bits per heavy atom. The van der Waals surface area contributed by atoms with E-state index in [1.807, 2.05) is 36.5 Å². The molecule has 4 aromatic rings. The van der Waals surface area contributed by atoms with Crippen LogP contribution >= 0.6 is 11.6 Å². The van der Waals surface area contributed by atoms with Gasteiger partial charge in [-0.25, -0.2) is 13.4 Å². The van der Waals surface area contributed by atoms with Crippen molar-refractivity contribution in [3.8, 4) is 0 Å². The molecule has 1 amide bonds. The van der Waals surface area contributed by atoms with Crippen LogP contribution < -0.4 is 4.90 Å². The Kier molecular flexibility index (Phi) is 6.93. The SMILES string of the molecule is CN(C1CCN(c2ccnc3ccccc23)CC1)N1CCN(S(=O)(=O)c2ccc3cc(Cl)ccc3c2)CC1=O. The van der Waals surface area contributed by atoms with Gasteiger partial charge < -0.3 is 4.90 Å². The summed E-state index contributed by atoms with van der Waals surface area (Å²) in [6.07, 6.45) is 3.66. The number of hydrogen-bond acceptors (Lipinski definition) is 6. The van der Waals surface area contributed by atoms with Gasteiger partial charge in [0.2, 0.25) is 10.0 Å². The average molecular weight is 564 g/mol. The van der Waals surface area contributed by atoms with Crippen molar-refractivity contribution < 1.29 is 13.2 Å². The molecule has 1 aromatic heterocycles. The second kappa shape index (κ2) is 10.4. The van der Waals surface area contributed by atoms with Crippen molar-refractivity contribution in [1.29, 1.82) is 0 Å². The molecule has 10 heteroatoms. The Bertz CT molecular complexity index is 1650. The molecule has 0 N–H and O–H groups in total. The summed E-state index contributed by atoms with van der Waals surface area (Å²) in [7, 11) is -1.86. The Morgan fingerprint density at radius 3 is 2.46 bits per heavy atom. The van der Waals surface area contributed by atoms with E-state index >= 15 is 0 Å². The van der Waals surface area contributed by atoms with Crippen LogP contribution in [0.15, 0.2) is 77.8 Å². The minimum atomic E-state index is -3.80. The molecule has 3 aromatic carbocycles. The number of sulfonamides is 1. The van der Waals surface area contributed by atoms with Crippen LogP contribution in [-0.4, -0.2) is 79.4 Å². The zero-order valence-corrected chi connectivity index (χ0v) is 23.3. The molecule has 0 unspecified atom stereocenters. The van der Waals surface area contributed by atoms with Crippen LogP contribution in [0.3, 0.4) is 0 Å². The van der Waals surface area contributed by atoms with Crippen molar-refractivity contribution in [2.45, 2.75) is 23.8 Å². The molecule has 0 saturated carbocycles. The van der Waals surface area contributed by atoms with E-state index in [2.05, 4.69) is 22.0 Å². The lowest BCUT2D eigenvalue weighted by molar-refractivity contribution is -0.156. The van der Waals surface area contributed by atoms with Crippen molar-refractivity contribution in [1.82, 2.24) is 19.3 Å². The van der Waals surface area contributed by atoms with Crippen molar-refractivity contribution in [2.75, 3.05) is 44.7 Å². The fourth-order valence-electron chi connectivity index (χ4n) is 5.72. The van der Waals surface area contributed by atoms with E-state index in [9.17, 15) is 13.2 Å². The molecule has 202 valence electrons. The van der Waals surface area contributed by atoms with Gasteiger partial charge in [-0.05, 0) is 60.0 Å². The molecule has 6 rings (SSSR count). The summed E-state index contributed by atoms with van der Waals surface area (Å²) in [5.41, 5.74) is 2.18. The second-order valence-electron chi connectivity index (χ2n) is 10.1. The van der Waals surface area contributed by atoms with Gasteiger partial charge in [-0.15, -0.1) is 0 Å². The number of fused-ring (bicyclic) bond motifs is 2. The number of piperidine rings is 1. The van der Waals surface area contributed by atoms with Crippen LogP contribution in [0.1, 0.15) is 12.8 Å². The molecule has 0 spiro atoms. The first-order valence-corrected chi connectivity index (χ1v) is 14.9. The summed E-state index contributed by atoms with van der Waals surface area (Å²) < 4.78 is 28.1. The summed E-state index contributed by atoms with van der Waals surface area (Å²) in [6.45, 7) is 2.15. The van der Waals surface area contributed by atoms with E-state index in [-0.39, 0.29) is 29.9 Å². The summed E-state index contributed by atoms with van der Waals surface area (Å²) in [5, 5.41) is 7.14. The van der Waals surface area contributed by atoms with Gasteiger partial charge in [-0.1, -0.05) is 41.9 Å². The van der Waals surface area contributed by atoms with E-state index in [4.69, 9.17) is 11.6 Å². The highest BCUT2D eigenvalue weighted by atomic mass is 35.5. The number of rotatable bonds is 5. The zero-order valence-electron chi connectivity index (χ0n) is 21.7. The minimum absolute atomic E-state index is 0.173. The number of pyridine rings is 1. The maximum absolute atomic E-state index is 13.4. The third kappa shape index (κ3) is 4.96. The lowest BCUT2D eigenvalue weighted by Gasteiger charge is -2.45. The molecular weight excluding hydrogens is 534 g/mol. The molecule has 8 nitrogen and oxygen atoms in total. The van der Waals surface area contributed by atoms with Gasteiger partial charge in [0.25, 0.3) is 5.91 Å². The summed E-state index contributed by atoms with van der Waals surface area (Å²) >= 11 is 6.06. The third-order valence-corrected chi connectivity index (χ3v) is 9.99. The lowest BCUT2D eigenvalue weighted by Crippen LogP contribution is -2.60. The van der Waals surface area contributed by atoms with Crippen LogP contribution in [0.25, 0.3) is 21.7 Å². The molecule has 39 heavy (non-hydrogen) atoms. The number of para-hydroxylation sites is 1. The number of carbonyl (C=O) groups is 1. The first kappa shape index (κ1) is 26.0. The van der Waals surface area contributed by atoms with Crippen LogP contribution in [-0.2, 0) is 14.8 Å². The Labute approximate surface area is 233 Å². The van der Waals surface area contributed by atoms with Crippen LogP contribution in [0.5, 0.6) is 0 Å². The molecule has 0 radical (unpaired) electrons. The number of halogens is 1. The van der Waals surface area contributed by atoms with E-state index in [1.54, 1.807) is 41.4 Å². The fraction of sp³-hybridized carbons (Fsp3) is 0.310. The highest BCUT2D eigenvalue weighted by Gasteiger charge is 2.36. The summed E-state index contributed by atoms with van der Waals surface area (Å²) in [6, 6.07) is 20.8. The number of amides is 1. The van der Waals surface area contributed by atoms with Crippen molar-refractivity contribution in [3.05, 3.63) is 77.9 Å².